The van der Waals surface area contributed by atoms with Gasteiger partial charge >= 0.3 is 5.63 Å². The largest absolute Gasteiger partial charge is 0.504 e. The molecule has 3 N–H and O–H groups in total. The van der Waals surface area contributed by atoms with Crippen molar-refractivity contribution in [1.29, 1.82) is 0 Å². The molecule has 42 heavy (non-hydrogen) atoms. The van der Waals surface area contributed by atoms with Crippen LogP contribution in [0.4, 0.5) is 0 Å². The highest BCUT2D eigenvalue weighted by molar-refractivity contribution is 6.21. The Balaban J connectivity index is 1.72. The highest BCUT2D eigenvalue weighted by Gasteiger charge is 2.24. The number of aromatic hydroxyl groups is 3. The predicted octanol–water partition coefficient (Wildman–Crippen LogP) is 5.48. The first-order valence-electron chi connectivity index (χ1n) is 13.3. The second-order valence-corrected chi connectivity index (χ2v) is 10.3. The van der Waals surface area contributed by atoms with Gasteiger partial charge in [-0.15, -0.1) is 0 Å². The van der Waals surface area contributed by atoms with Crippen molar-refractivity contribution < 1.29 is 33.9 Å². The van der Waals surface area contributed by atoms with Gasteiger partial charge in [-0.1, -0.05) is 6.07 Å². The number of phenols is 3. The molecule has 0 radical (unpaired) electrons. The van der Waals surface area contributed by atoms with Gasteiger partial charge in [0.05, 0.1) is 26.3 Å². The molecule has 0 atom stereocenters. The van der Waals surface area contributed by atoms with E-state index in [1.54, 1.807) is 47.0 Å². The maximum atomic E-state index is 13.6. The van der Waals surface area contributed by atoms with Crippen LogP contribution in [0.2, 0.25) is 0 Å². The SMILES string of the molecule is COc1ccc(-c2c3c4cc(O)c(OCCCN(C)C)cc4oc(=O)c3n3ccc4cc(O)c(OC)cc4c23)cc1O. The Morgan fingerprint density at radius 3 is 2.29 bits per heavy atom. The fraction of sp³-hybridized carbons (Fsp3) is 0.219. The summed E-state index contributed by atoms with van der Waals surface area (Å²) in [7, 11) is 6.86. The van der Waals surface area contributed by atoms with Crippen molar-refractivity contribution >= 4 is 38.2 Å². The van der Waals surface area contributed by atoms with E-state index < -0.39 is 5.63 Å². The zero-order valence-electron chi connectivity index (χ0n) is 23.6. The van der Waals surface area contributed by atoms with Gasteiger partial charge in [-0.25, -0.2) is 4.79 Å². The fourth-order valence-corrected chi connectivity index (χ4v) is 5.49. The number of fused-ring (bicyclic) bond motifs is 7. The number of ether oxygens (including phenoxy) is 3. The van der Waals surface area contributed by atoms with Crippen molar-refractivity contribution in [2.45, 2.75) is 6.42 Å². The average Bonchev–Trinajstić information content (AvgIpc) is 3.32. The summed E-state index contributed by atoms with van der Waals surface area (Å²) in [6.07, 6.45) is 2.47. The number of hydrogen-bond donors (Lipinski definition) is 3. The van der Waals surface area contributed by atoms with Crippen LogP contribution in [0.5, 0.6) is 34.5 Å². The monoisotopic (exact) mass is 570 g/mol. The van der Waals surface area contributed by atoms with Crippen LogP contribution in [0.3, 0.4) is 0 Å². The smallest absolute Gasteiger partial charge is 0.361 e. The predicted molar refractivity (Wildman–Crippen MR) is 161 cm³/mol. The maximum Gasteiger partial charge on any atom is 0.361 e. The molecular weight excluding hydrogens is 540 g/mol. The van der Waals surface area contributed by atoms with Crippen molar-refractivity contribution in [1.82, 2.24) is 9.30 Å². The number of benzene rings is 3. The first-order chi connectivity index (χ1) is 20.2. The van der Waals surface area contributed by atoms with Crippen molar-refractivity contribution in [3.8, 4) is 45.6 Å². The van der Waals surface area contributed by atoms with E-state index in [4.69, 9.17) is 18.6 Å². The summed E-state index contributed by atoms with van der Waals surface area (Å²) >= 11 is 0. The summed E-state index contributed by atoms with van der Waals surface area (Å²) in [5.41, 5.74) is 1.71. The minimum absolute atomic E-state index is 0.0258. The molecular formula is C32H30N2O8. The molecule has 3 aromatic heterocycles. The minimum atomic E-state index is -0.592. The Morgan fingerprint density at radius 1 is 0.833 bits per heavy atom. The van der Waals surface area contributed by atoms with E-state index >= 15 is 0 Å². The third-order valence-corrected chi connectivity index (χ3v) is 7.42. The molecule has 0 fully saturated rings. The van der Waals surface area contributed by atoms with Crippen LogP contribution >= 0.6 is 0 Å². The summed E-state index contributed by atoms with van der Waals surface area (Å²) in [6, 6.07) is 13.1. The Labute approximate surface area is 240 Å². The first-order valence-corrected chi connectivity index (χ1v) is 13.3. The lowest BCUT2D eigenvalue weighted by molar-refractivity contribution is 0.271. The van der Waals surface area contributed by atoms with Crippen LogP contribution in [0.1, 0.15) is 6.42 Å². The zero-order chi connectivity index (χ0) is 29.7. The number of phenolic OH excluding ortho intramolecular Hbond substituents is 3. The molecule has 0 amide bonds. The number of methoxy groups -OCH3 is 2. The normalized spacial score (nSPS) is 11.7. The van der Waals surface area contributed by atoms with Crippen molar-refractivity contribution in [2.75, 3.05) is 41.5 Å². The molecule has 6 aromatic rings. The summed E-state index contributed by atoms with van der Waals surface area (Å²) in [5, 5.41) is 34.6. The molecule has 0 aliphatic rings. The molecule has 3 aromatic carbocycles. The number of pyridine rings is 1. The van der Waals surface area contributed by atoms with Gasteiger partial charge in [0.1, 0.15) is 11.1 Å². The van der Waals surface area contributed by atoms with E-state index in [0.717, 1.165) is 13.0 Å². The highest BCUT2D eigenvalue weighted by Crippen LogP contribution is 2.46. The number of nitrogens with zero attached hydrogens (tertiary/aromatic N) is 2. The van der Waals surface area contributed by atoms with Crippen LogP contribution in [0, 0.1) is 0 Å². The Hall–Kier alpha value is -5.09. The van der Waals surface area contributed by atoms with Gasteiger partial charge < -0.3 is 43.2 Å². The Bertz CT molecular complexity index is 2060. The van der Waals surface area contributed by atoms with Crippen LogP contribution in [-0.2, 0) is 0 Å². The van der Waals surface area contributed by atoms with Crippen molar-refractivity contribution in [3.63, 3.8) is 0 Å². The van der Waals surface area contributed by atoms with Crippen LogP contribution < -0.4 is 19.8 Å². The number of aromatic nitrogens is 1. The van der Waals surface area contributed by atoms with E-state index in [1.165, 1.54) is 26.4 Å². The quantitative estimate of drug-likeness (QED) is 0.161. The summed E-state index contributed by atoms with van der Waals surface area (Å²) < 4.78 is 24.0. The summed E-state index contributed by atoms with van der Waals surface area (Å²) in [4.78, 5) is 15.7. The van der Waals surface area contributed by atoms with E-state index in [2.05, 4.69) is 0 Å². The maximum absolute atomic E-state index is 13.6. The Morgan fingerprint density at radius 2 is 1.57 bits per heavy atom. The van der Waals surface area contributed by atoms with Gasteiger partial charge in [-0.05, 0) is 67.9 Å². The van der Waals surface area contributed by atoms with Gasteiger partial charge in [-0.3, -0.25) is 0 Å². The van der Waals surface area contributed by atoms with E-state index in [1.807, 2.05) is 19.0 Å². The van der Waals surface area contributed by atoms with E-state index in [0.29, 0.717) is 50.5 Å². The molecule has 3 heterocycles. The fourth-order valence-electron chi connectivity index (χ4n) is 5.49. The third kappa shape index (κ3) is 4.36. The van der Waals surface area contributed by atoms with Gasteiger partial charge in [0.25, 0.3) is 0 Å². The lowest BCUT2D eigenvalue weighted by Crippen LogP contribution is -2.15. The molecule has 0 bridgehead atoms. The number of rotatable bonds is 8. The second-order valence-electron chi connectivity index (χ2n) is 10.3. The van der Waals surface area contributed by atoms with Gasteiger partial charge in [0.2, 0.25) is 0 Å². The van der Waals surface area contributed by atoms with Gasteiger partial charge in [0.15, 0.2) is 34.5 Å². The minimum Gasteiger partial charge on any atom is -0.504 e. The van der Waals surface area contributed by atoms with Crippen LogP contribution in [-0.4, -0.2) is 66.1 Å². The molecule has 0 aliphatic heterocycles. The van der Waals surface area contributed by atoms with Crippen molar-refractivity contribution in [3.05, 3.63) is 65.1 Å². The van der Waals surface area contributed by atoms with Gasteiger partial charge in [0, 0.05) is 40.5 Å². The zero-order valence-corrected chi connectivity index (χ0v) is 23.6. The summed E-state index contributed by atoms with van der Waals surface area (Å²) in [5.74, 6) is 0.555. The van der Waals surface area contributed by atoms with Crippen molar-refractivity contribution in [2.24, 2.45) is 0 Å². The topological polar surface area (TPSA) is 126 Å². The van der Waals surface area contributed by atoms with E-state index in [9.17, 15) is 20.1 Å². The molecule has 6 rings (SSSR count). The van der Waals surface area contributed by atoms with E-state index in [-0.39, 0.29) is 39.8 Å². The molecule has 0 aliphatic carbocycles. The molecule has 10 nitrogen and oxygen atoms in total. The lowest BCUT2D eigenvalue weighted by atomic mass is 9.98. The third-order valence-electron chi connectivity index (χ3n) is 7.42. The summed E-state index contributed by atoms with van der Waals surface area (Å²) in [6.45, 7) is 1.19. The molecule has 0 spiro atoms. The Kier molecular flexibility index (Phi) is 6.70. The lowest BCUT2D eigenvalue weighted by Gasteiger charge is -2.12. The first kappa shape index (κ1) is 27.1. The molecule has 0 saturated carbocycles. The molecule has 0 unspecified atom stereocenters. The van der Waals surface area contributed by atoms with Gasteiger partial charge in [-0.2, -0.15) is 0 Å². The second kappa shape index (κ2) is 10.4. The molecule has 216 valence electrons. The van der Waals surface area contributed by atoms with Crippen LogP contribution in [0.15, 0.2) is 63.9 Å². The number of hydrogen-bond acceptors (Lipinski definition) is 9. The van der Waals surface area contributed by atoms with Crippen LogP contribution in [0.25, 0.3) is 49.3 Å². The highest BCUT2D eigenvalue weighted by atomic mass is 16.5. The molecule has 10 heteroatoms. The average molecular weight is 571 g/mol. The molecule has 0 saturated heterocycles. The standard InChI is InChI=1S/C32H30N2O8/c1-33(2)9-5-11-41-27-16-25-20(14-23(27)37)29-28(18-6-7-24(39-3)21(35)13-18)30-19-15-26(40-4)22(36)12-17(19)8-10-34(30)31(29)32(38)42-25/h6-8,10,12-16,35-37H,5,9,11H2,1-4H3.